The SMILES string of the molecule is COC(=O)c1ccc(-c2cccc(C(=O)O)c2C(=O)O)cc1. The van der Waals surface area contributed by atoms with E-state index in [9.17, 15) is 19.5 Å². The van der Waals surface area contributed by atoms with E-state index >= 15 is 0 Å². The standard InChI is InChI=1S/C16H12O6/c1-22-16(21)10-7-5-9(6-8-10)11-3-2-4-12(14(17)18)13(11)15(19)20/h2-8H,1H3,(H,17,18)(H,19,20). The van der Waals surface area contributed by atoms with Crippen molar-refractivity contribution < 1.29 is 29.3 Å². The summed E-state index contributed by atoms with van der Waals surface area (Å²) in [6, 6.07) is 10.3. The largest absolute Gasteiger partial charge is 0.478 e. The first-order valence-corrected chi connectivity index (χ1v) is 6.24. The highest BCUT2D eigenvalue weighted by molar-refractivity contribution is 6.06. The number of carbonyl (C=O) groups is 3. The van der Waals surface area contributed by atoms with Crippen molar-refractivity contribution in [1.82, 2.24) is 0 Å². The number of carbonyl (C=O) groups excluding carboxylic acids is 1. The van der Waals surface area contributed by atoms with E-state index < -0.39 is 17.9 Å². The molecule has 2 rings (SSSR count). The topological polar surface area (TPSA) is 101 Å². The van der Waals surface area contributed by atoms with E-state index in [-0.39, 0.29) is 16.7 Å². The maximum atomic E-state index is 11.4. The first-order chi connectivity index (χ1) is 10.5. The summed E-state index contributed by atoms with van der Waals surface area (Å²) >= 11 is 0. The van der Waals surface area contributed by atoms with Gasteiger partial charge in [0.05, 0.1) is 23.8 Å². The van der Waals surface area contributed by atoms with Gasteiger partial charge < -0.3 is 14.9 Å². The molecule has 0 saturated carbocycles. The third kappa shape index (κ3) is 2.80. The van der Waals surface area contributed by atoms with Crippen molar-refractivity contribution in [2.75, 3.05) is 7.11 Å². The molecule has 22 heavy (non-hydrogen) atoms. The Kier molecular flexibility index (Phi) is 4.22. The molecular weight excluding hydrogens is 288 g/mol. The van der Waals surface area contributed by atoms with E-state index in [1.54, 1.807) is 12.1 Å². The number of methoxy groups -OCH3 is 1. The Bertz CT molecular complexity index is 746. The number of carboxylic acid groups (broad SMARTS) is 2. The fourth-order valence-electron chi connectivity index (χ4n) is 2.11. The van der Waals surface area contributed by atoms with Crippen LogP contribution in [0.15, 0.2) is 42.5 Å². The van der Waals surface area contributed by atoms with Crippen molar-refractivity contribution in [1.29, 1.82) is 0 Å². The van der Waals surface area contributed by atoms with E-state index in [2.05, 4.69) is 4.74 Å². The van der Waals surface area contributed by atoms with Crippen LogP contribution >= 0.6 is 0 Å². The molecule has 0 fully saturated rings. The fraction of sp³-hybridized carbons (Fsp3) is 0.0625. The third-order valence-corrected chi connectivity index (χ3v) is 3.13. The molecule has 6 heteroatoms. The van der Waals surface area contributed by atoms with Crippen LogP contribution < -0.4 is 0 Å². The summed E-state index contributed by atoms with van der Waals surface area (Å²) < 4.78 is 4.58. The van der Waals surface area contributed by atoms with Crippen LogP contribution in [0.4, 0.5) is 0 Å². The van der Waals surface area contributed by atoms with Crippen molar-refractivity contribution >= 4 is 17.9 Å². The minimum Gasteiger partial charge on any atom is -0.478 e. The van der Waals surface area contributed by atoms with Gasteiger partial charge in [0.2, 0.25) is 0 Å². The summed E-state index contributed by atoms with van der Waals surface area (Å²) in [6.45, 7) is 0. The predicted molar refractivity (Wildman–Crippen MR) is 77.1 cm³/mol. The minimum atomic E-state index is -1.33. The fourth-order valence-corrected chi connectivity index (χ4v) is 2.11. The quantitative estimate of drug-likeness (QED) is 0.841. The first kappa shape index (κ1) is 15.2. The highest BCUT2D eigenvalue weighted by Gasteiger charge is 2.20. The maximum absolute atomic E-state index is 11.4. The summed E-state index contributed by atoms with van der Waals surface area (Å²) in [5.41, 5.74) is 0.498. The molecule has 0 radical (unpaired) electrons. The molecule has 2 N–H and O–H groups in total. The van der Waals surface area contributed by atoms with Crippen molar-refractivity contribution in [2.45, 2.75) is 0 Å². The van der Waals surface area contributed by atoms with Crippen LogP contribution in [-0.4, -0.2) is 35.2 Å². The van der Waals surface area contributed by atoms with Crippen LogP contribution in [0.3, 0.4) is 0 Å². The second-order valence-electron chi connectivity index (χ2n) is 4.41. The molecule has 0 bridgehead atoms. The zero-order valence-electron chi connectivity index (χ0n) is 11.6. The lowest BCUT2D eigenvalue weighted by Gasteiger charge is -2.09. The highest BCUT2D eigenvalue weighted by atomic mass is 16.5. The Balaban J connectivity index is 2.57. The molecule has 0 unspecified atom stereocenters. The number of carboxylic acids is 2. The van der Waals surface area contributed by atoms with Gasteiger partial charge in [0, 0.05) is 0 Å². The summed E-state index contributed by atoms with van der Waals surface area (Å²) in [4.78, 5) is 34.0. The molecule has 2 aromatic rings. The van der Waals surface area contributed by atoms with Crippen molar-refractivity contribution in [3.8, 4) is 11.1 Å². The Labute approximate surface area is 125 Å². The lowest BCUT2D eigenvalue weighted by atomic mass is 9.95. The number of ether oxygens (including phenoxy) is 1. The molecule has 0 atom stereocenters. The van der Waals surface area contributed by atoms with Gasteiger partial charge in [-0.2, -0.15) is 0 Å². The number of hydrogen-bond acceptors (Lipinski definition) is 4. The number of aromatic carboxylic acids is 2. The van der Waals surface area contributed by atoms with E-state index in [0.29, 0.717) is 11.1 Å². The third-order valence-electron chi connectivity index (χ3n) is 3.13. The van der Waals surface area contributed by atoms with Crippen molar-refractivity contribution in [3.63, 3.8) is 0 Å². The van der Waals surface area contributed by atoms with Gasteiger partial charge >= 0.3 is 17.9 Å². The molecule has 0 aromatic heterocycles. The second kappa shape index (κ2) is 6.09. The molecule has 0 spiro atoms. The molecule has 6 nitrogen and oxygen atoms in total. The summed E-state index contributed by atoms with van der Waals surface area (Å²) in [7, 11) is 1.26. The van der Waals surface area contributed by atoms with Crippen LogP contribution in [0.1, 0.15) is 31.1 Å². The van der Waals surface area contributed by atoms with Gasteiger partial charge in [0.15, 0.2) is 0 Å². The summed E-state index contributed by atoms with van der Waals surface area (Å²) in [5.74, 6) is -3.15. The average Bonchev–Trinajstić information content (AvgIpc) is 2.53. The predicted octanol–water partition coefficient (Wildman–Crippen LogP) is 2.54. The number of rotatable bonds is 4. The minimum absolute atomic E-state index is 0.267. The van der Waals surface area contributed by atoms with E-state index in [0.717, 1.165) is 0 Å². The van der Waals surface area contributed by atoms with Crippen molar-refractivity contribution in [3.05, 3.63) is 59.2 Å². The molecule has 0 amide bonds. The lowest BCUT2D eigenvalue weighted by Crippen LogP contribution is -2.09. The summed E-state index contributed by atoms with van der Waals surface area (Å²) in [5, 5.41) is 18.4. The number of esters is 1. The molecule has 0 aliphatic carbocycles. The van der Waals surface area contributed by atoms with Crippen LogP contribution in [-0.2, 0) is 4.74 Å². The average molecular weight is 300 g/mol. The van der Waals surface area contributed by atoms with E-state index in [1.165, 1.54) is 37.4 Å². The Hall–Kier alpha value is -3.15. The first-order valence-electron chi connectivity index (χ1n) is 6.24. The smallest absolute Gasteiger partial charge is 0.337 e. The van der Waals surface area contributed by atoms with Gasteiger partial charge in [-0.15, -0.1) is 0 Å². The Morgan fingerprint density at radius 2 is 1.55 bits per heavy atom. The number of benzene rings is 2. The van der Waals surface area contributed by atoms with Gasteiger partial charge in [0.25, 0.3) is 0 Å². The molecule has 0 heterocycles. The highest BCUT2D eigenvalue weighted by Crippen LogP contribution is 2.27. The van der Waals surface area contributed by atoms with Gasteiger partial charge in [-0.1, -0.05) is 24.3 Å². The normalized spacial score (nSPS) is 10.0. The second-order valence-corrected chi connectivity index (χ2v) is 4.41. The van der Waals surface area contributed by atoms with Crippen LogP contribution in [0.2, 0.25) is 0 Å². The molecule has 2 aromatic carbocycles. The summed E-state index contributed by atoms with van der Waals surface area (Å²) in [6.07, 6.45) is 0. The van der Waals surface area contributed by atoms with Gasteiger partial charge in [-0.25, -0.2) is 14.4 Å². The monoisotopic (exact) mass is 300 g/mol. The maximum Gasteiger partial charge on any atom is 0.337 e. The van der Waals surface area contributed by atoms with Crippen LogP contribution in [0.5, 0.6) is 0 Å². The van der Waals surface area contributed by atoms with Crippen LogP contribution in [0, 0.1) is 0 Å². The van der Waals surface area contributed by atoms with Crippen LogP contribution in [0.25, 0.3) is 11.1 Å². The molecule has 0 aliphatic heterocycles. The number of hydrogen-bond donors (Lipinski definition) is 2. The molecule has 0 aliphatic rings. The zero-order valence-corrected chi connectivity index (χ0v) is 11.6. The lowest BCUT2D eigenvalue weighted by molar-refractivity contribution is 0.0599. The van der Waals surface area contributed by atoms with Gasteiger partial charge in [-0.3, -0.25) is 0 Å². The Morgan fingerprint density at radius 1 is 0.909 bits per heavy atom. The van der Waals surface area contributed by atoms with Gasteiger partial charge in [0.1, 0.15) is 0 Å². The van der Waals surface area contributed by atoms with E-state index in [1.807, 2.05) is 0 Å². The zero-order chi connectivity index (χ0) is 16.3. The van der Waals surface area contributed by atoms with E-state index in [4.69, 9.17) is 5.11 Å². The molecular formula is C16H12O6. The molecule has 0 saturated heterocycles. The Morgan fingerprint density at radius 3 is 2.05 bits per heavy atom. The molecule has 112 valence electrons. The van der Waals surface area contributed by atoms with Crippen molar-refractivity contribution in [2.24, 2.45) is 0 Å². The van der Waals surface area contributed by atoms with Gasteiger partial charge in [-0.05, 0) is 29.3 Å².